The van der Waals surface area contributed by atoms with Gasteiger partial charge in [0.25, 0.3) is 5.69 Å². The van der Waals surface area contributed by atoms with Crippen molar-refractivity contribution >= 4 is 62.6 Å². The molecule has 0 bridgehead atoms. The van der Waals surface area contributed by atoms with Gasteiger partial charge >= 0.3 is 11.9 Å². The van der Waals surface area contributed by atoms with Crippen molar-refractivity contribution in [3.63, 3.8) is 0 Å². The first kappa shape index (κ1) is 23.4. The van der Waals surface area contributed by atoms with Crippen molar-refractivity contribution in [2.45, 2.75) is 6.42 Å². The fourth-order valence-corrected chi connectivity index (χ4v) is 5.00. The second kappa shape index (κ2) is 9.73. The highest BCUT2D eigenvalue weighted by molar-refractivity contribution is 7.21. The van der Waals surface area contributed by atoms with Gasteiger partial charge in [-0.15, -0.1) is 11.3 Å². The van der Waals surface area contributed by atoms with Crippen molar-refractivity contribution in [3.05, 3.63) is 110 Å². The molecule has 1 aliphatic heterocycles. The topological polar surface area (TPSA) is 108 Å². The molecule has 3 aromatic carbocycles. The molecule has 0 atom stereocenters. The van der Waals surface area contributed by atoms with Crippen molar-refractivity contribution in [1.82, 2.24) is 0 Å². The van der Waals surface area contributed by atoms with Gasteiger partial charge in [0.05, 0.1) is 9.95 Å². The minimum atomic E-state index is -0.725. The third kappa shape index (κ3) is 4.74. The number of ether oxygens (including phenoxy) is 2. The molecule has 0 saturated carbocycles. The van der Waals surface area contributed by atoms with Crippen molar-refractivity contribution in [2.75, 3.05) is 0 Å². The number of carbonyl (C=O) groups excluding carboxylic acids is 2. The lowest BCUT2D eigenvalue weighted by molar-refractivity contribution is -0.384. The Morgan fingerprint density at radius 3 is 2.64 bits per heavy atom. The minimum absolute atomic E-state index is 0.0802. The van der Waals surface area contributed by atoms with Crippen LogP contribution in [0, 0.1) is 10.1 Å². The molecule has 0 spiro atoms. The fraction of sp³-hybridized carbons (Fsp3) is 0.0385. The molecule has 4 aromatic rings. The predicted molar refractivity (Wildman–Crippen MR) is 137 cm³/mol. The van der Waals surface area contributed by atoms with Crippen LogP contribution in [0.15, 0.2) is 83.5 Å². The summed E-state index contributed by atoms with van der Waals surface area (Å²) < 4.78 is 11.4. The third-order valence-electron chi connectivity index (χ3n) is 5.29. The molecule has 36 heavy (non-hydrogen) atoms. The molecule has 0 amide bonds. The SMILES string of the molecule is O=C1OC(Cc2ccccc2)=N/C1=C/c1ccccc1OC(=O)c1sc2cc([N+](=O)[O-])ccc2c1Cl. The van der Waals surface area contributed by atoms with Crippen LogP contribution in [0.4, 0.5) is 5.69 Å². The molecule has 5 rings (SSSR count). The number of carbonyl (C=O) groups is 2. The van der Waals surface area contributed by atoms with E-state index in [4.69, 9.17) is 21.1 Å². The Morgan fingerprint density at radius 1 is 1.11 bits per heavy atom. The standard InChI is InChI=1S/C26H15ClN2O6S/c27-23-18-11-10-17(29(32)33)14-21(18)36-24(23)26(31)34-20-9-5-4-8-16(20)13-19-25(30)35-22(28-19)12-15-6-2-1-3-7-15/h1-11,13-14H,12H2/b19-13+. The van der Waals surface area contributed by atoms with E-state index in [1.165, 1.54) is 24.3 Å². The highest BCUT2D eigenvalue weighted by Gasteiger charge is 2.25. The van der Waals surface area contributed by atoms with E-state index in [-0.39, 0.29) is 32.9 Å². The fourth-order valence-electron chi connectivity index (χ4n) is 3.58. The number of non-ortho nitro benzene ring substituents is 1. The molecule has 0 aliphatic carbocycles. The number of esters is 2. The number of hydrogen-bond donors (Lipinski definition) is 0. The van der Waals surface area contributed by atoms with Crippen LogP contribution in [0.3, 0.4) is 0 Å². The quantitative estimate of drug-likeness (QED) is 0.0985. The van der Waals surface area contributed by atoms with Crippen LogP contribution < -0.4 is 4.74 Å². The Morgan fingerprint density at radius 2 is 1.86 bits per heavy atom. The number of cyclic esters (lactones) is 1. The van der Waals surface area contributed by atoms with E-state index in [0.717, 1.165) is 16.9 Å². The molecule has 2 heterocycles. The number of rotatable bonds is 6. The Bertz CT molecular complexity index is 1590. The van der Waals surface area contributed by atoms with Crippen LogP contribution in [0.5, 0.6) is 5.75 Å². The molecule has 0 unspecified atom stereocenters. The van der Waals surface area contributed by atoms with Crippen molar-refractivity contribution in [1.29, 1.82) is 0 Å². The molecule has 0 radical (unpaired) electrons. The predicted octanol–water partition coefficient (Wildman–Crippen LogP) is 6.22. The third-order valence-corrected chi connectivity index (χ3v) is 6.92. The van der Waals surface area contributed by atoms with E-state index in [1.54, 1.807) is 24.3 Å². The lowest BCUT2D eigenvalue weighted by Gasteiger charge is -2.07. The molecule has 0 fully saturated rings. The normalized spacial score (nSPS) is 14.1. The summed E-state index contributed by atoms with van der Waals surface area (Å²) in [6.45, 7) is 0. The van der Waals surface area contributed by atoms with Gasteiger partial charge in [0.15, 0.2) is 5.70 Å². The maximum absolute atomic E-state index is 13.0. The van der Waals surface area contributed by atoms with Crippen molar-refractivity contribution in [2.24, 2.45) is 4.99 Å². The lowest BCUT2D eigenvalue weighted by Crippen LogP contribution is -2.08. The van der Waals surface area contributed by atoms with E-state index >= 15 is 0 Å². The lowest BCUT2D eigenvalue weighted by atomic mass is 10.1. The molecule has 10 heteroatoms. The Hall–Kier alpha value is -4.34. The zero-order valence-corrected chi connectivity index (χ0v) is 19.9. The number of nitro groups is 1. The molecule has 1 aliphatic rings. The molecule has 0 N–H and O–H groups in total. The number of benzene rings is 3. The number of para-hydroxylation sites is 1. The second-order valence-electron chi connectivity index (χ2n) is 7.70. The Kier molecular flexibility index (Phi) is 6.32. The van der Waals surface area contributed by atoms with Crippen LogP contribution in [0.2, 0.25) is 5.02 Å². The summed E-state index contributed by atoms with van der Waals surface area (Å²) in [4.78, 5) is 40.3. The molecular formula is C26H15ClN2O6S. The average molecular weight is 519 g/mol. The summed E-state index contributed by atoms with van der Waals surface area (Å²) in [7, 11) is 0. The van der Waals surface area contributed by atoms with Gasteiger partial charge in [-0.1, -0.05) is 60.1 Å². The van der Waals surface area contributed by atoms with Crippen LogP contribution >= 0.6 is 22.9 Å². The number of halogens is 1. The van der Waals surface area contributed by atoms with Crippen LogP contribution in [-0.4, -0.2) is 22.8 Å². The summed E-state index contributed by atoms with van der Waals surface area (Å²) in [6.07, 6.45) is 1.85. The minimum Gasteiger partial charge on any atom is -0.422 e. The van der Waals surface area contributed by atoms with E-state index < -0.39 is 16.9 Å². The summed E-state index contributed by atoms with van der Waals surface area (Å²) >= 11 is 7.38. The van der Waals surface area contributed by atoms with E-state index in [0.29, 0.717) is 22.1 Å². The molecule has 178 valence electrons. The molecule has 0 saturated heterocycles. The highest BCUT2D eigenvalue weighted by atomic mass is 35.5. The van der Waals surface area contributed by atoms with Gasteiger partial charge in [0.2, 0.25) is 5.90 Å². The van der Waals surface area contributed by atoms with Crippen LogP contribution in [-0.2, 0) is 16.0 Å². The second-order valence-corrected chi connectivity index (χ2v) is 9.13. The Balaban J connectivity index is 1.41. The average Bonchev–Trinajstić information content (AvgIpc) is 3.39. The summed E-state index contributed by atoms with van der Waals surface area (Å²) in [5.41, 5.74) is 1.37. The van der Waals surface area contributed by atoms with Gasteiger partial charge < -0.3 is 9.47 Å². The van der Waals surface area contributed by atoms with Crippen molar-refractivity contribution in [3.8, 4) is 5.75 Å². The zero-order valence-electron chi connectivity index (χ0n) is 18.3. The van der Waals surface area contributed by atoms with E-state index in [1.807, 2.05) is 30.3 Å². The number of thiophene rings is 1. The van der Waals surface area contributed by atoms with Gasteiger partial charge in [-0.25, -0.2) is 14.6 Å². The summed E-state index contributed by atoms with van der Waals surface area (Å²) in [6, 6.07) is 20.3. The first-order chi connectivity index (χ1) is 17.4. The first-order valence-electron chi connectivity index (χ1n) is 10.6. The first-order valence-corrected chi connectivity index (χ1v) is 11.8. The molecule has 1 aromatic heterocycles. The van der Waals surface area contributed by atoms with Crippen LogP contribution in [0.1, 0.15) is 20.8 Å². The van der Waals surface area contributed by atoms with Gasteiger partial charge in [0, 0.05) is 34.2 Å². The summed E-state index contributed by atoms with van der Waals surface area (Å²) in [5, 5.41) is 11.7. The van der Waals surface area contributed by atoms with Crippen molar-refractivity contribution < 1.29 is 24.0 Å². The number of fused-ring (bicyclic) bond motifs is 1. The monoisotopic (exact) mass is 518 g/mol. The van der Waals surface area contributed by atoms with Gasteiger partial charge in [-0.2, -0.15) is 0 Å². The number of aliphatic imine (C=N–C) groups is 1. The van der Waals surface area contributed by atoms with E-state index in [2.05, 4.69) is 4.99 Å². The molecule has 8 nitrogen and oxygen atoms in total. The maximum atomic E-state index is 13.0. The molecular weight excluding hydrogens is 504 g/mol. The van der Waals surface area contributed by atoms with Crippen LogP contribution in [0.25, 0.3) is 16.2 Å². The largest absolute Gasteiger partial charge is 0.422 e. The highest BCUT2D eigenvalue weighted by Crippen LogP contribution is 2.38. The number of nitro benzene ring substituents is 1. The smallest absolute Gasteiger partial charge is 0.363 e. The van der Waals surface area contributed by atoms with Gasteiger partial charge in [0.1, 0.15) is 10.6 Å². The number of hydrogen-bond acceptors (Lipinski definition) is 8. The maximum Gasteiger partial charge on any atom is 0.363 e. The summed E-state index contributed by atoms with van der Waals surface area (Å²) in [5.74, 6) is -0.861. The van der Waals surface area contributed by atoms with Gasteiger partial charge in [-0.3, -0.25) is 10.1 Å². The zero-order chi connectivity index (χ0) is 25.2. The number of nitrogens with zero attached hydrogens (tertiary/aromatic N) is 2. The van der Waals surface area contributed by atoms with Gasteiger partial charge in [-0.05, 0) is 23.8 Å². The Labute approximate surface area is 213 Å². The van der Waals surface area contributed by atoms with E-state index in [9.17, 15) is 19.7 Å².